The van der Waals surface area contributed by atoms with Crippen molar-refractivity contribution in [3.05, 3.63) is 0 Å². The van der Waals surface area contributed by atoms with Gasteiger partial charge < -0.3 is 25.6 Å². The summed E-state index contributed by atoms with van der Waals surface area (Å²) in [5, 5.41) is 0. The zero-order chi connectivity index (χ0) is 18.6. The average Bonchev–Trinajstić information content (AvgIpc) is 2.47. The van der Waals surface area contributed by atoms with E-state index in [0.717, 1.165) is 0 Å². The summed E-state index contributed by atoms with van der Waals surface area (Å²) in [6, 6.07) is 0. The Bertz CT molecular complexity index is 328. The van der Waals surface area contributed by atoms with E-state index in [0.29, 0.717) is 19.8 Å². The van der Waals surface area contributed by atoms with Gasteiger partial charge in [0.2, 0.25) is 0 Å². The fourth-order valence-electron chi connectivity index (χ4n) is 2.64. The van der Waals surface area contributed by atoms with E-state index in [1.54, 1.807) is 0 Å². The molecule has 0 aromatic rings. The largest absolute Gasteiger partial charge is 0.488 e. The molecule has 0 atom stereocenters. The molecule has 6 nitrogen and oxygen atoms in total. The molecule has 0 bridgehead atoms. The van der Waals surface area contributed by atoms with Gasteiger partial charge in [0, 0.05) is 36.4 Å². The van der Waals surface area contributed by atoms with Gasteiger partial charge in [0.25, 0.3) is 0 Å². The van der Waals surface area contributed by atoms with Crippen molar-refractivity contribution in [2.24, 2.45) is 0 Å². The normalized spacial score (nSPS) is 34.5. The molecule has 1 heterocycles. The van der Waals surface area contributed by atoms with Gasteiger partial charge in [-0.15, -0.1) is 0 Å². The van der Waals surface area contributed by atoms with Crippen LogP contribution >= 0.6 is 0 Å². The number of hydrogen-bond acceptors (Lipinski definition) is 6. The smallest absolute Gasteiger partial charge is 0.374 e. The third kappa shape index (κ3) is 4.38. The Morgan fingerprint density at radius 3 is 0.875 bits per heavy atom. The summed E-state index contributed by atoms with van der Waals surface area (Å²) in [5.41, 5.74) is 0.329. The van der Waals surface area contributed by atoms with Crippen LogP contribution in [0.5, 0.6) is 0 Å². The summed E-state index contributed by atoms with van der Waals surface area (Å²) in [6.45, 7) is 20.0. The van der Waals surface area contributed by atoms with Crippen molar-refractivity contribution >= 4 is 26.4 Å². The highest BCUT2D eigenvalue weighted by Crippen LogP contribution is 2.45. The molecule has 0 spiro atoms. The van der Waals surface area contributed by atoms with Crippen molar-refractivity contribution in [1.82, 2.24) is 0 Å². The summed E-state index contributed by atoms with van der Waals surface area (Å²) in [6.07, 6.45) is 0. The summed E-state index contributed by atoms with van der Waals surface area (Å²) in [4.78, 5) is 0. The van der Waals surface area contributed by atoms with Gasteiger partial charge >= 0.3 is 26.4 Å². The van der Waals surface area contributed by atoms with Crippen molar-refractivity contribution < 1.29 is 25.6 Å². The Hall–Kier alpha value is 0.411. The lowest BCUT2D eigenvalue weighted by Crippen LogP contribution is -2.75. The van der Waals surface area contributed by atoms with Crippen LogP contribution in [0.1, 0.15) is 62.3 Å². The monoisotopic (exact) mass is 396 g/mol. The van der Waals surface area contributed by atoms with Crippen LogP contribution in [0, 0.1) is 0 Å². The minimum absolute atomic E-state index is 0.110. The van der Waals surface area contributed by atoms with E-state index in [1.807, 2.05) is 20.8 Å². The van der Waals surface area contributed by atoms with E-state index in [4.69, 9.17) is 25.6 Å². The van der Waals surface area contributed by atoms with Crippen LogP contribution < -0.4 is 0 Å². The highest BCUT2D eigenvalue weighted by atomic mass is 28.5. The summed E-state index contributed by atoms with van der Waals surface area (Å²) in [5.74, 6) is 0. The van der Waals surface area contributed by atoms with Crippen LogP contribution in [0.25, 0.3) is 0 Å². The van der Waals surface area contributed by atoms with Gasteiger partial charge in [-0.25, -0.2) is 0 Å². The van der Waals surface area contributed by atoms with Crippen LogP contribution in [0.3, 0.4) is 0 Å². The summed E-state index contributed by atoms with van der Waals surface area (Å²) < 4.78 is 38.2. The molecule has 1 saturated heterocycles. The maximum absolute atomic E-state index is 6.56. The quantitative estimate of drug-likeness (QED) is 0.544. The van der Waals surface area contributed by atoms with Gasteiger partial charge in [-0.3, -0.25) is 0 Å². The van der Waals surface area contributed by atoms with Crippen LogP contribution in [0.4, 0.5) is 0 Å². The molecule has 0 radical (unpaired) electrons. The van der Waals surface area contributed by atoms with Gasteiger partial charge in [0.15, 0.2) is 0 Å². The van der Waals surface area contributed by atoms with E-state index in [-0.39, 0.29) is 16.6 Å². The SMILES string of the molecule is CCO[Si]1(C(C)C)O[Si](OCC)(C(C)C)O[Si](OCC)(C(C)C)O1. The number of rotatable bonds is 9. The highest BCUT2D eigenvalue weighted by molar-refractivity contribution is 6.90. The van der Waals surface area contributed by atoms with Crippen molar-refractivity contribution in [3.63, 3.8) is 0 Å². The van der Waals surface area contributed by atoms with Crippen molar-refractivity contribution in [1.29, 1.82) is 0 Å². The predicted octanol–water partition coefficient (Wildman–Crippen LogP) is 4.21. The zero-order valence-corrected chi connectivity index (χ0v) is 19.8. The Labute approximate surface area is 151 Å². The molecule has 1 fully saturated rings. The standard InChI is InChI=1S/C15H36O6Si3/c1-10-16-22(13(4)5)19-23(14(6)7,17-11-2)21-24(20-22,15(8)9)18-12-3/h13-15H,10-12H2,1-9H3. The van der Waals surface area contributed by atoms with E-state index < -0.39 is 26.4 Å². The van der Waals surface area contributed by atoms with Gasteiger partial charge in [-0.1, -0.05) is 41.5 Å². The minimum atomic E-state index is -2.98. The third-order valence-corrected chi connectivity index (χ3v) is 17.2. The Morgan fingerprint density at radius 1 is 0.542 bits per heavy atom. The zero-order valence-electron chi connectivity index (χ0n) is 16.8. The van der Waals surface area contributed by atoms with E-state index in [1.165, 1.54) is 0 Å². The molecule has 9 heteroatoms. The molecule has 0 aliphatic carbocycles. The molecular weight excluding hydrogens is 360 g/mol. The first-order valence-corrected chi connectivity index (χ1v) is 14.6. The molecule has 1 aliphatic rings. The van der Waals surface area contributed by atoms with E-state index in [2.05, 4.69) is 41.5 Å². The molecule has 1 aliphatic heterocycles. The van der Waals surface area contributed by atoms with Crippen molar-refractivity contribution in [2.45, 2.75) is 78.9 Å². The average molecular weight is 397 g/mol. The maximum Gasteiger partial charge on any atom is 0.488 e. The number of hydrogen-bond donors (Lipinski definition) is 0. The molecule has 0 amide bonds. The van der Waals surface area contributed by atoms with Crippen molar-refractivity contribution in [2.75, 3.05) is 19.8 Å². The van der Waals surface area contributed by atoms with Gasteiger partial charge in [-0.2, -0.15) is 0 Å². The Balaban J connectivity index is 3.47. The molecule has 0 aromatic heterocycles. The van der Waals surface area contributed by atoms with Crippen molar-refractivity contribution in [3.8, 4) is 0 Å². The van der Waals surface area contributed by atoms with E-state index in [9.17, 15) is 0 Å². The molecule has 0 saturated carbocycles. The van der Waals surface area contributed by atoms with Crippen LogP contribution in [-0.4, -0.2) is 46.2 Å². The second-order valence-electron chi connectivity index (χ2n) is 6.88. The molecule has 144 valence electrons. The lowest BCUT2D eigenvalue weighted by molar-refractivity contribution is 0.00582. The lowest BCUT2D eigenvalue weighted by atomic mass is 10.6. The summed E-state index contributed by atoms with van der Waals surface area (Å²) in [7, 11) is -8.95. The first-order chi connectivity index (χ1) is 11.1. The molecule has 1 rings (SSSR count). The molecule has 0 N–H and O–H groups in total. The molecular formula is C15H36O6Si3. The lowest BCUT2D eigenvalue weighted by Gasteiger charge is -2.53. The Morgan fingerprint density at radius 2 is 0.750 bits per heavy atom. The van der Waals surface area contributed by atoms with E-state index >= 15 is 0 Å². The van der Waals surface area contributed by atoms with Gasteiger partial charge in [-0.05, 0) is 20.8 Å². The van der Waals surface area contributed by atoms with Crippen LogP contribution in [0.2, 0.25) is 16.6 Å². The first-order valence-electron chi connectivity index (χ1n) is 9.15. The van der Waals surface area contributed by atoms with Gasteiger partial charge in [0.05, 0.1) is 0 Å². The predicted molar refractivity (Wildman–Crippen MR) is 101 cm³/mol. The maximum atomic E-state index is 6.56. The molecule has 24 heavy (non-hydrogen) atoms. The fourth-order valence-corrected chi connectivity index (χ4v) is 18.3. The molecule has 0 unspecified atom stereocenters. The highest BCUT2D eigenvalue weighted by Gasteiger charge is 2.70. The summed E-state index contributed by atoms with van der Waals surface area (Å²) >= 11 is 0. The Kier molecular flexibility index (Phi) is 8.30. The van der Waals surface area contributed by atoms with Crippen LogP contribution in [0.15, 0.2) is 0 Å². The second kappa shape index (κ2) is 8.87. The third-order valence-electron chi connectivity index (χ3n) is 4.01. The first kappa shape index (κ1) is 22.5. The fraction of sp³-hybridized carbons (Fsp3) is 1.00. The van der Waals surface area contributed by atoms with Crippen LogP contribution in [-0.2, 0) is 25.6 Å². The van der Waals surface area contributed by atoms with Gasteiger partial charge in [0.1, 0.15) is 0 Å². The minimum Gasteiger partial charge on any atom is -0.374 e. The molecule has 0 aromatic carbocycles. The second-order valence-corrected chi connectivity index (χ2v) is 17.3. The topological polar surface area (TPSA) is 55.4 Å².